The maximum atomic E-state index is 11.3. The van der Waals surface area contributed by atoms with E-state index < -0.39 is 0 Å². The smallest absolute Gasteiger partial charge is 0.307 e. The number of hydrogen-bond acceptors (Lipinski definition) is 7. The number of nitrogens with one attached hydrogen (secondary N) is 1. The fourth-order valence-corrected chi connectivity index (χ4v) is 1.50. The molecule has 18 heavy (non-hydrogen) atoms. The van der Waals surface area contributed by atoms with Gasteiger partial charge in [-0.05, 0) is 36.4 Å². The molecule has 2 aromatic heterocycles. The molecule has 8 heteroatoms. The Balaban J connectivity index is 1.97. The Hall–Kier alpha value is -2.25. The Labute approximate surface area is 103 Å². The van der Waals surface area contributed by atoms with Crippen LogP contribution in [0.1, 0.15) is 20.3 Å². The molecule has 8 nitrogen and oxygen atoms in total. The van der Waals surface area contributed by atoms with Gasteiger partial charge < -0.3 is 10.1 Å². The molecule has 0 aliphatic heterocycles. The normalized spacial score (nSPS) is 12.3. The molecule has 0 saturated carbocycles. The Morgan fingerprint density at radius 3 is 3.17 bits per heavy atom. The van der Waals surface area contributed by atoms with Crippen LogP contribution in [0, 0.1) is 0 Å². The fraction of sp³-hybridized carbons (Fsp3) is 0.500. The van der Waals surface area contributed by atoms with Crippen LogP contribution >= 0.6 is 0 Å². The van der Waals surface area contributed by atoms with Crippen LogP contribution in [0.2, 0.25) is 0 Å². The van der Waals surface area contributed by atoms with Gasteiger partial charge in [-0.3, -0.25) is 4.79 Å². The number of hydrogen-bond donors (Lipinski definition) is 1. The highest BCUT2D eigenvalue weighted by Gasteiger charge is 2.10. The van der Waals surface area contributed by atoms with E-state index in [0.29, 0.717) is 18.1 Å². The number of carbonyl (C=O) groups excluding carboxylic acids is 1. The number of esters is 1. The lowest BCUT2D eigenvalue weighted by Crippen LogP contribution is -2.22. The zero-order valence-corrected chi connectivity index (χ0v) is 10.2. The Kier molecular flexibility index (Phi) is 3.66. The molecule has 0 bridgehead atoms. The lowest BCUT2D eigenvalue weighted by molar-refractivity contribution is -0.143. The summed E-state index contributed by atoms with van der Waals surface area (Å²) in [7, 11) is 0. The van der Waals surface area contributed by atoms with Crippen molar-refractivity contribution in [3.8, 4) is 0 Å². The van der Waals surface area contributed by atoms with E-state index in [0.717, 1.165) is 0 Å². The number of tetrazole rings is 1. The minimum atomic E-state index is -0.235. The maximum absolute atomic E-state index is 11.3. The monoisotopic (exact) mass is 250 g/mol. The van der Waals surface area contributed by atoms with Crippen LogP contribution in [-0.2, 0) is 9.53 Å². The third kappa shape index (κ3) is 2.90. The number of anilines is 1. The SMILES string of the molecule is CCOC(=O)CC(C)Nc1ccc2nnnn2n1. The second-order valence-corrected chi connectivity index (χ2v) is 3.80. The van der Waals surface area contributed by atoms with E-state index >= 15 is 0 Å². The highest BCUT2D eigenvalue weighted by molar-refractivity contribution is 5.70. The van der Waals surface area contributed by atoms with Crippen LogP contribution in [0.15, 0.2) is 12.1 Å². The highest BCUT2D eigenvalue weighted by Crippen LogP contribution is 2.07. The molecule has 0 radical (unpaired) electrons. The lowest BCUT2D eigenvalue weighted by Gasteiger charge is -2.13. The van der Waals surface area contributed by atoms with E-state index in [1.54, 1.807) is 19.1 Å². The van der Waals surface area contributed by atoms with Gasteiger partial charge in [-0.15, -0.1) is 14.8 Å². The predicted molar refractivity (Wildman–Crippen MR) is 62.9 cm³/mol. The molecule has 2 aromatic rings. The van der Waals surface area contributed by atoms with Gasteiger partial charge in [-0.1, -0.05) is 0 Å². The third-order valence-corrected chi connectivity index (χ3v) is 2.24. The Morgan fingerprint density at radius 2 is 2.39 bits per heavy atom. The first-order chi connectivity index (χ1) is 8.69. The summed E-state index contributed by atoms with van der Waals surface area (Å²) in [5.74, 6) is 0.368. The largest absolute Gasteiger partial charge is 0.466 e. The minimum absolute atomic E-state index is 0.0783. The van der Waals surface area contributed by atoms with Crippen molar-refractivity contribution < 1.29 is 9.53 Å². The molecule has 0 fully saturated rings. The number of rotatable bonds is 5. The van der Waals surface area contributed by atoms with Crippen molar-refractivity contribution in [2.24, 2.45) is 0 Å². The summed E-state index contributed by atoms with van der Waals surface area (Å²) >= 11 is 0. The predicted octanol–water partition coefficient (Wildman–Crippen LogP) is 0.273. The fourth-order valence-electron chi connectivity index (χ4n) is 1.50. The maximum Gasteiger partial charge on any atom is 0.307 e. The summed E-state index contributed by atoms with van der Waals surface area (Å²) in [6.45, 7) is 4.05. The molecule has 0 amide bonds. The molecule has 0 aliphatic carbocycles. The van der Waals surface area contributed by atoms with Gasteiger partial charge >= 0.3 is 5.97 Å². The molecule has 96 valence electrons. The van der Waals surface area contributed by atoms with Gasteiger partial charge in [-0.2, -0.15) is 0 Å². The molecule has 0 aromatic carbocycles. The molecule has 0 aliphatic rings. The molecule has 0 saturated heterocycles. The van der Waals surface area contributed by atoms with E-state index in [2.05, 4.69) is 25.9 Å². The van der Waals surface area contributed by atoms with Crippen LogP contribution in [-0.4, -0.2) is 43.9 Å². The summed E-state index contributed by atoms with van der Waals surface area (Å²) < 4.78 is 6.19. The van der Waals surface area contributed by atoms with Crippen LogP contribution in [0.25, 0.3) is 5.65 Å². The van der Waals surface area contributed by atoms with Gasteiger partial charge in [0.2, 0.25) is 0 Å². The molecule has 1 atom stereocenters. The number of ether oxygens (including phenoxy) is 1. The summed E-state index contributed by atoms with van der Waals surface area (Å²) in [6, 6.07) is 3.42. The molecular formula is C10H14N6O2. The second kappa shape index (κ2) is 5.39. The summed E-state index contributed by atoms with van der Waals surface area (Å²) in [6.07, 6.45) is 0.281. The summed E-state index contributed by atoms with van der Waals surface area (Å²) in [4.78, 5) is 11.3. The average Bonchev–Trinajstić information content (AvgIpc) is 2.76. The molecule has 1 N–H and O–H groups in total. The highest BCUT2D eigenvalue weighted by atomic mass is 16.5. The van der Waals surface area contributed by atoms with E-state index in [-0.39, 0.29) is 18.4 Å². The quantitative estimate of drug-likeness (QED) is 0.761. The number of nitrogens with zero attached hydrogens (tertiary/aromatic N) is 5. The van der Waals surface area contributed by atoms with E-state index in [1.165, 1.54) is 4.63 Å². The first-order valence-corrected chi connectivity index (χ1v) is 5.66. The number of fused-ring (bicyclic) bond motifs is 1. The van der Waals surface area contributed by atoms with Gasteiger partial charge in [0.15, 0.2) is 5.65 Å². The zero-order valence-electron chi connectivity index (χ0n) is 10.2. The molecule has 0 spiro atoms. The van der Waals surface area contributed by atoms with E-state index in [9.17, 15) is 4.79 Å². The van der Waals surface area contributed by atoms with Crippen LogP contribution in [0.5, 0.6) is 0 Å². The van der Waals surface area contributed by atoms with Crippen molar-refractivity contribution in [1.29, 1.82) is 0 Å². The van der Waals surface area contributed by atoms with Crippen molar-refractivity contribution in [2.45, 2.75) is 26.3 Å². The Bertz CT molecular complexity index is 540. The van der Waals surface area contributed by atoms with Crippen LogP contribution in [0.4, 0.5) is 5.82 Å². The van der Waals surface area contributed by atoms with Crippen molar-refractivity contribution in [2.75, 3.05) is 11.9 Å². The topological polar surface area (TPSA) is 94.3 Å². The molecule has 1 unspecified atom stereocenters. The zero-order chi connectivity index (χ0) is 13.0. The van der Waals surface area contributed by atoms with E-state index in [1.807, 2.05) is 6.92 Å². The molecule has 2 heterocycles. The average molecular weight is 250 g/mol. The van der Waals surface area contributed by atoms with Crippen LogP contribution < -0.4 is 5.32 Å². The third-order valence-electron chi connectivity index (χ3n) is 2.24. The molecule has 2 rings (SSSR count). The van der Waals surface area contributed by atoms with E-state index in [4.69, 9.17) is 4.74 Å². The minimum Gasteiger partial charge on any atom is -0.466 e. The van der Waals surface area contributed by atoms with Gasteiger partial charge in [0.25, 0.3) is 0 Å². The number of carbonyl (C=O) groups is 1. The van der Waals surface area contributed by atoms with Crippen molar-refractivity contribution >= 4 is 17.4 Å². The number of aromatic nitrogens is 5. The standard InChI is InChI=1S/C10H14N6O2/c1-3-18-10(17)6-7(2)11-8-4-5-9-12-14-15-16(9)13-8/h4-5,7H,3,6H2,1-2H3,(H,11,13). The van der Waals surface area contributed by atoms with Gasteiger partial charge in [0.05, 0.1) is 13.0 Å². The van der Waals surface area contributed by atoms with Crippen molar-refractivity contribution in [3.05, 3.63) is 12.1 Å². The van der Waals surface area contributed by atoms with Crippen molar-refractivity contribution in [1.82, 2.24) is 25.3 Å². The Morgan fingerprint density at radius 1 is 1.56 bits per heavy atom. The first kappa shape index (κ1) is 12.2. The second-order valence-electron chi connectivity index (χ2n) is 3.80. The summed E-state index contributed by atoms with van der Waals surface area (Å²) in [5.41, 5.74) is 0.568. The van der Waals surface area contributed by atoms with Crippen LogP contribution in [0.3, 0.4) is 0 Å². The first-order valence-electron chi connectivity index (χ1n) is 5.66. The summed E-state index contributed by atoms with van der Waals surface area (Å²) in [5, 5.41) is 18.2. The van der Waals surface area contributed by atoms with Gasteiger partial charge in [0.1, 0.15) is 5.82 Å². The lowest BCUT2D eigenvalue weighted by atomic mass is 10.2. The van der Waals surface area contributed by atoms with Gasteiger partial charge in [0, 0.05) is 6.04 Å². The van der Waals surface area contributed by atoms with Gasteiger partial charge in [-0.25, -0.2) is 0 Å². The van der Waals surface area contributed by atoms with Crippen molar-refractivity contribution in [3.63, 3.8) is 0 Å². The molecular weight excluding hydrogens is 236 g/mol.